The summed E-state index contributed by atoms with van der Waals surface area (Å²) in [5.41, 5.74) is 0.264. The van der Waals surface area contributed by atoms with Gasteiger partial charge in [-0.1, -0.05) is 0 Å². The Morgan fingerprint density at radius 3 is 1.64 bits per heavy atom. The molecule has 36 heavy (non-hydrogen) atoms. The van der Waals surface area contributed by atoms with Crippen LogP contribution in [0.4, 0.5) is 5.69 Å². The van der Waals surface area contributed by atoms with Crippen LogP contribution in [-0.4, -0.2) is 73.9 Å². The van der Waals surface area contributed by atoms with Crippen LogP contribution in [0.15, 0.2) is 24.3 Å². The largest absolute Gasteiger partial charge is 0.497 e. The summed E-state index contributed by atoms with van der Waals surface area (Å²) in [4.78, 5) is 72.0. The van der Waals surface area contributed by atoms with Crippen molar-refractivity contribution in [2.45, 2.75) is 59.0 Å². The number of amides is 1. The van der Waals surface area contributed by atoms with E-state index in [2.05, 4.69) is 5.32 Å². The SMILES string of the molecule is COc1ccc(NC(=O)[C@H](OC(C)=O)[C@@H](OC(C)=O)[C@H](OC(C)=O)[C@@H](COC(C)=O)OC(C)=O)cc1. The average molecular weight is 511 g/mol. The molecule has 0 spiro atoms. The lowest BCUT2D eigenvalue weighted by Crippen LogP contribution is -2.56. The summed E-state index contributed by atoms with van der Waals surface area (Å²) >= 11 is 0. The third kappa shape index (κ3) is 10.4. The Balaban J connectivity index is 3.50. The molecule has 1 N–H and O–H groups in total. The second-order valence-electron chi connectivity index (χ2n) is 7.35. The van der Waals surface area contributed by atoms with Gasteiger partial charge in [0.15, 0.2) is 18.3 Å². The summed E-state index contributed by atoms with van der Waals surface area (Å²) in [5.74, 6) is -4.88. The highest BCUT2D eigenvalue weighted by Gasteiger charge is 2.47. The first kappa shape index (κ1) is 29.9. The number of ether oxygens (including phenoxy) is 6. The van der Waals surface area contributed by atoms with Crippen LogP contribution in [0.25, 0.3) is 0 Å². The molecule has 198 valence electrons. The van der Waals surface area contributed by atoms with Crippen LogP contribution in [0, 0.1) is 0 Å². The Morgan fingerprint density at radius 2 is 1.19 bits per heavy atom. The molecule has 0 fully saturated rings. The smallest absolute Gasteiger partial charge is 0.303 e. The highest BCUT2D eigenvalue weighted by molar-refractivity contribution is 5.96. The minimum atomic E-state index is -1.88. The average Bonchev–Trinajstić information content (AvgIpc) is 2.77. The molecule has 4 atom stereocenters. The fourth-order valence-corrected chi connectivity index (χ4v) is 2.98. The highest BCUT2D eigenvalue weighted by Crippen LogP contribution is 2.22. The first-order chi connectivity index (χ1) is 16.8. The molecule has 1 aromatic rings. The van der Waals surface area contributed by atoms with Crippen LogP contribution in [0.5, 0.6) is 5.75 Å². The van der Waals surface area contributed by atoms with Gasteiger partial charge < -0.3 is 33.7 Å². The van der Waals surface area contributed by atoms with Gasteiger partial charge in [0, 0.05) is 40.3 Å². The van der Waals surface area contributed by atoms with E-state index >= 15 is 0 Å². The fraction of sp³-hybridized carbons (Fsp3) is 0.478. The Bertz CT molecular complexity index is 958. The van der Waals surface area contributed by atoms with Gasteiger partial charge in [-0.15, -0.1) is 0 Å². The number of methoxy groups -OCH3 is 1. The van der Waals surface area contributed by atoms with E-state index in [0.29, 0.717) is 5.75 Å². The molecule has 1 rings (SSSR count). The molecule has 0 radical (unpaired) electrons. The van der Waals surface area contributed by atoms with Crippen molar-refractivity contribution >= 4 is 41.4 Å². The van der Waals surface area contributed by atoms with E-state index in [4.69, 9.17) is 28.4 Å². The Labute approximate surface area is 207 Å². The van der Waals surface area contributed by atoms with Gasteiger partial charge in [-0.25, -0.2) is 0 Å². The first-order valence-corrected chi connectivity index (χ1v) is 10.6. The molecule has 13 nitrogen and oxygen atoms in total. The number of rotatable bonds is 12. The number of benzene rings is 1. The van der Waals surface area contributed by atoms with Crippen LogP contribution in [0.3, 0.4) is 0 Å². The molecule has 0 saturated carbocycles. The van der Waals surface area contributed by atoms with Gasteiger partial charge in [-0.2, -0.15) is 0 Å². The Morgan fingerprint density at radius 1 is 0.694 bits per heavy atom. The molecule has 0 bridgehead atoms. The first-order valence-electron chi connectivity index (χ1n) is 10.6. The van der Waals surface area contributed by atoms with Gasteiger partial charge in [-0.05, 0) is 24.3 Å². The molecular weight excluding hydrogens is 482 g/mol. The number of carbonyl (C=O) groups excluding carboxylic acids is 6. The van der Waals surface area contributed by atoms with E-state index in [9.17, 15) is 28.8 Å². The van der Waals surface area contributed by atoms with Crippen LogP contribution < -0.4 is 10.1 Å². The van der Waals surface area contributed by atoms with Crippen LogP contribution in [0.2, 0.25) is 0 Å². The molecule has 13 heteroatoms. The van der Waals surface area contributed by atoms with Gasteiger partial charge in [0.05, 0.1) is 7.11 Å². The van der Waals surface area contributed by atoms with Crippen molar-refractivity contribution in [3.63, 3.8) is 0 Å². The zero-order valence-electron chi connectivity index (χ0n) is 20.7. The second kappa shape index (κ2) is 14.3. The maximum absolute atomic E-state index is 13.2. The molecule has 0 aromatic heterocycles. The summed E-state index contributed by atoms with van der Waals surface area (Å²) < 4.78 is 30.7. The topological polar surface area (TPSA) is 170 Å². The van der Waals surface area contributed by atoms with E-state index in [1.807, 2.05) is 0 Å². The second-order valence-corrected chi connectivity index (χ2v) is 7.35. The maximum Gasteiger partial charge on any atom is 0.303 e. The number of anilines is 1. The molecule has 0 heterocycles. The standard InChI is InChI=1S/C23H29NO12/c1-12(25)32-11-19(33-13(2)26)20(34-14(3)27)21(35-15(4)28)22(36-16(5)29)23(30)24-17-7-9-18(31-6)10-8-17/h7-10,19-22H,11H2,1-6H3,(H,24,30)/t19-,20-,21+,22-/m1/s1. The van der Waals surface area contributed by atoms with Crippen molar-refractivity contribution in [2.24, 2.45) is 0 Å². The van der Waals surface area contributed by atoms with E-state index in [-0.39, 0.29) is 5.69 Å². The van der Waals surface area contributed by atoms with Crippen molar-refractivity contribution in [3.05, 3.63) is 24.3 Å². The summed E-state index contributed by atoms with van der Waals surface area (Å²) in [6.07, 6.45) is -6.95. The third-order valence-electron chi connectivity index (χ3n) is 4.27. The fourth-order valence-electron chi connectivity index (χ4n) is 2.98. The zero-order valence-corrected chi connectivity index (χ0v) is 20.7. The third-order valence-corrected chi connectivity index (χ3v) is 4.27. The monoisotopic (exact) mass is 511 g/mol. The zero-order chi connectivity index (χ0) is 27.4. The summed E-state index contributed by atoms with van der Waals surface area (Å²) in [5, 5.41) is 2.49. The lowest BCUT2D eigenvalue weighted by Gasteiger charge is -2.34. The van der Waals surface area contributed by atoms with Crippen molar-refractivity contribution in [3.8, 4) is 5.75 Å². The van der Waals surface area contributed by atoms with Gasteiger partial charge >= 0.3 is 29.8 Å². The van der Waals surface area contributed by atoms with Crippen molar-refractivity contribution in [1.82, 2.24) is 0 Å². The minimum absolute atomic E-state index is 0.264. The van der Waals surface area contributed by atoms with E-state index in [1.165, 1.54) is 19.2 Å². The predicted molar refractivity (Wildman–Crippen MR) is 120 cm³/mol. The quantitative estimate of drug-likeness (QED) is 0.311. The summed E-state index contributed by atoms with van der Waals surface area (Å²) in [6.45, 7) is 4.49. The lowest BCUT2D eigenvalue weighted by molar-refractivity contribution is -0.202. The van der Waals surface area contributed by atoms with E-state index in [1.54, 1.807) is 12.1 Å². The number of hydrogen-bond donors (Lipinski definition) is 1. The molecule has 0 aliphatic carbocycles. The maximum atomic E-state index is 13.2. The number of nitrogens with one attached hydrogen (secondary N) is 1. The summed E-state index contributed by atoms with van der Waals surface area (Å²) in [6, 6.07) is 6.09. The molecular formula is C23H29NO12. The van der Waals surface area contributed by atoms with Gasteiger partial charge in [-0.3, -0.25) is 28.8 Å². The highest BCUT2D eigenvalue weighted by atomic mass is 16.6. The van der Waals surface area contributed by atoms with Crippen molar-refractivity contribution in [2.75, 3.05) is 19.0 Å². The normalized spacial score (nSPS) is 13.6. The summed E-state index contributed by atoms with van der Waals surface area (Å²) in [7, 11) is 1.46. The molecule has 0 aliphatic rings. The Kier molecular flexibility index (Phi) is 11.9. The minimum Gasteiger partial charge on any atom is -0.497 e. The molecule has 1 aromatic carbocycles. The van der Waals surface area contributed by atoms with Gasteiger partial charge in [0.1, 0.15) is 12.4 Å². The molecule has 0 unspecified atom stereocenters. The lowest BCUT2D eigenvalue weighted by atomic mass is 10.0. The van der Waals surface area contributed by atoms with Crippen molar-refractivity contribution < 1.29 is 57.2 Å². The molecule has 0 aliphatic heterocycles. The number of esters is 5. The molecule has 1 amide bonds. The van der Waals surface area contributed by atoms with Crippen molar-refractivity contribution in [1.29, 1.82) is 0 Å². The Hall–Kier alpha value is -4.16. The van der Waals surface area contributed by atoms with E-state index < -0.39 is 66.8 Å². The van der Waals surface area contributed by atoms with Gasteiger partial charge in [0.2, 0.25) is 6.10 Å². The van der Waals surface area contributed by atoms with Crippen LogP contribution >= 0.6 is 0 Å². The molecule has 0 saturated heterocycles. The van der Waals surface area contributed by atoms with E-state index in [0.717, 1.165) is 34.6 Å². The predicted octanol–water partition coefficient (Wildman–Crippen LogP) is 0.924. The van der Waals surface area contributed by atoms with Gasteiger partial charge in [0.25, 0.3) is 5.91 Å². The number of carbonyl (C=O) groups is 6. The number of hydrogen-bond acceptors (Lipinski definition) is 12. The van der Waals surface area contributed by atoms with Crippen LogP contribution in [-0.2, 0) is 52.5 Å². The van der Waals surface area contributed by atoms with Crippen LogP contribution in [0.1, 0.15) is 34.6 Å².